The van der Waals surface area contributed by atoms with E-state index in [0.29, 0.717) is 13.2 Å². The van der Waals surface area contributed by atoms with Gasteiger partial charge in [0.05, 0.1) is 13.2 Å². The van der Waals surface area contributed by atoms with Gasteiger partial charge in [-0.3, -0.25) is 0 Å². The highest BCUT2D eigenvalue weighted by atomic mass is 16.5. The molecule has 0 spiro atoms. The van der Waals surface area contributed by atoms with Crippen LogP contribution in [0.15, 0.2) is 36.7 Å². The molecule has 4 nitrogen and oxygen atoms in total. The fourth-order valence-corrected chi connectivity index (χ4v) is 1.92. The van der Waals surface area contributed by atoms with Crippen molar-refractivity contribution in [3.05, 3.63) is 48.0 Å². The van der Waals surface area contributed by atoms with Gasteiger partial charge in [-0.15, -0.1) is 0 Å². The molecule has 1 aromatic carbocycles. The Hall–Kier alpha value is -1.81. The molecular weight excluding hydrogens is 228 g/mol. The Bertz CT molecular complexity index is 508. The summed E-state index contributed by atoms with van der Waals surface area (Å²) in [6.45, 7) is 4.92. The molecule has 0 aliphatic carbocycles. The zero-order valence-electron chi connectivity index (χ0n) is 10.7. The van der Waals surface area contributed by atoms with Crippen LogP contribution in [0.2, 0.25) is 0 Å². The maximum Gasteiger partial charge on any atom is 0.125 e. The molecule has 96 valence electrons. The zero-order chi connectivity index (χ0) is 13.0. The van der Waals surface area contributed by atoms with Gasteiger partial charge in [0.15, 0.2) is 0 Å². The number of aryl methyl sites for hydroxylation is 1. The number of para-hydroxylation sites is 1. The summed E-state index contributed by atoms with van der Waals surface area (Å²) in [4.78, 5) is 4.14. The minimum Gasteiger partial charge on any atom is -0.493 e. The molecule has 0 saturated carbocycles. The van der Waals surface area contributed by atoms with Gasteiger partial charge in [0.25, 0.3) is 0 Å². The third kappa shape index (κ3) is 2.71. The first-order chi connectivity index (χ1) is 8.72. The van der Waals surface area contributed by atoms with Gasteiger partial charge in [-0.2, -0.15) is 0 Å². The Balaban J connectivity index is 2.18. The Kier molecular flexibility index (Phi) is 3.99. The minimum absolute atomic E-state index is 0.482. The second-order valence-corrected chi connectivity index (χ2v) is 4.11. The van der Waals surface area contributed by atoms with E-state index >= 15 is 0 Å². The number of rotatable bonds is 5. The Morgan fingerprint density at radius 2 is 2.17 bits per heavy atom. The first kappa shape index (κ1) is 12.6. The van der Waals surface area contributed by atoms with Crippen LogP contribution in [0.1, 0.15) is 24.4 Å². The lowest BCUT2D eigenvalue weighted by Crippen LogP contribution is -2.11. The molecule has 1 aromatic heterocycles. The molecule has 0 amide bonds. The first-order valence-corrected chi connectivity index (χ1v) is 6.10. The molecule has 0 bridgehead atoms. The van der Waals surface area contributed by atoms with Crippen molar-refractivity contribution in [3.63, 3.8) is 0 Å². The van der Waals surface area contributed by atoms with Crippen molar-refractivity contribution in [2.24, 2.45) is 0 Å². The molecule has 2 rings (SSSR count). The van der Waals surface area contributed by atoms with Crippen molar-refractivity contribution < 1.29 is 9.84 Å². The number of benzene rings is 1. The third-order valence-electron chi connectivity index (χ3n) is 2.87. The zero-order valence-corrected chi connectivity index (χ0v) is 10.7. The highest BCUT2D eigenvalue weighted by Gasteiger charge is 2.14. The van der Waals surface area contributed by atoms with E-state index in [4.69, 9.17) is 4.74 Å². The maximum absolute atomic E-state index is 10.3. The average Bonchev–Trinajstić information content (AvgIpc) is 2.76. The van der Waals surface area contributed by atoms with E-state index in [1.807, 2.05) is 48.9 Å². The van der Waals surface area contributed by atoms with Crippen LogP contribution in [0.4, 0.5) is 0 Å². The summed E-state index contributed by atoms with van der Waals surface area (Å²) < 4.78 is 7.45. The van der Waals surface area contributed by atoms with E-state index in [0.717, 1.165) is 17.1 Å². The quantitative estimate of drug-likeness (QED) is 0.880. The molecule has 18 heavy (non-hydrogen) atoms. The van der Waals surface area contributed by atoms with E-state index in [1.165, 1.54) is 0 Å². The third-order valence-corrected chi connectivity index (χ3v) is 2.87. The average molecular weight is 246 g/mol. The van der Waals surface area contributed by atoms with E-state index in [2.05, 4.69) is 4.98 Å². The van der Waals surface area contributed by atoms with Crippen molar-refractivity contribution in [3.8, 4) is 5.75 Å². The van der Waals surface area contributed by atoms with Gasteiger partial charge >= 0.3 is 0 Å². The highest BCUT2D eigenvalue weighted by Crippen LogP contribution is 2.26. The molecule has 1 N–H and O–H groups in total. The van der Waals surface area contributed by atoms with E-state index < -0.39 is 6.10 Å². The SMILES string of the molecule is CCOc1ccccc1C(O)Cn1ccnc1C. The molecule has 0 aliphatic heterocycles. The Morgan fingerprint density at radius 3 is 2.83 bits per heavy atom. The van der Waals surface area contributed by atoms with Gasteiger partial charge in [0.1, 0.15) is 17.7 Å². The fraction of sp³-hybridized carbons (Fsp3) is 0.357. The van der Waals surface area contributed by atoms with Gasteiger partial charge in [0, 0.05) is 18.0 Å². The van der Waals surface area contributed by atoms with Crippen molar-refractivity contribution in [1.29, 1.82) is 0 Å². The summed E-state index contributed by atoms with van der Waals surface area (Å²) in [5.74, 6) is 1.63. The second kappa shape index (κ2) is 5.69. The summed E-state index contributed by atoms with van der Waals surface area (Å²) in [5.41, 5.74) is 0.812. The largest absolute Gasteiger partial charge is 0.493 e. The summed E-state index contributed by atoms with van der Waals surface area (Å²) >= 11 is 0. The topological polar surface area (TPSA) is 47.3 Å². The lowest BCUT2D eigenvalue weighted by atomic mass is 10.1. The molecule has 1 unspecified atom stereocenters. The number of imidazole rings is 1. The summed E-state index contributed by atoms with van der Waals surface area (Å²) in [6, 6.07) is 7.58. The monoisotopic (exact) mass is 246 g/mol. The second-order valence-electron chi connectivity index (χ2n) is 4.11. The van der Waals surface area contributed by atoms with Crippen molar-refractivity contribution >= 4 is 0 Å². The van der Waals surface area contributed by atoms with Crippen LogP contribution in [0, 0.1) is 6.92 Å². The molecule has 0 radical (unpaired) electrons. The Labute approximate surface area is 107 Å². The van der Waals surface area contributed by atoms with Crippen LogP contribution in [0.25, 0.3) is 0 Å². The van der Waals surface area contributed by atoms with Crippen LogP contribution >= 0.6 is 0 Å². The van der Waals surface area contributed by atoms with Crippen LogP contribution in [-0.2, 0) is 6.54 Å². The van der Waals surface area contributed by atoms with E-state index in [1.54, 1.807) is 6.20 Å². The molecule has 1 atom stereocenters. The predicted octanol–water partition coefficient (Wildman–Crippen LogP) is 2.32. The number of aromatic nitrogens is 2. The first-order valence-electron chi connectivity index (χ1n) is 6.10. The maximum atomic E-state index is 10.3. The van der Waals surface area contributed by atoms with E-state index in [-0.39, 0.29) is 0 Å². The molecular formula is C14H18N2O2. The molecule has 4 heteroatoms. The standard InChI is InChI=1S/C14H18N2O2/c1-3-18-14-7-5-4-6-12(14)13(17)10-16-9-8-15-11(16)2/h4-9,13,17H,3,10H2,1-2H3. The molecule has 0 fully saturated rings. The number of hydrogen-bond acceptors (Lipinski definition) is 3. The highest BCUT2D eigenvalue weighted by molar-refractivity contribution is 5.35. The van der Waals surface area contributed by atoms with Crippen molar-refractivity contribution in [2.75, 3.05) is 6.61 Å². The van der Waals surface area contributed by atoms with Crippen LogP contribution in [0.5, 0.6) is 5.75 Å². The molecule has 0 aliphatic rings. The molecule has 2 aromatic rings. The summed E-state index contributed by atoms with van der Waals surface area (Å²) in [6.07, 6.45) is 3.00. The van der Waals surface area contributed by atoms with Gasteiger partial charge in [-0.05, 0) is 19.9 Å². The number of ether oxygens (including phenoxy) is 1. The number of hydrogen-bond donors (Lipinski definition) is 1. The van der Waals surface area contributed by atoms with Crippen molar-refractivity contribution in [1.82, 2.24) is 9.55 Å². The lowest BCUT2D eigenvalue weighted by Gasteiger charge is -2.16. The predicted molar refractivity (Wildman–Crippen MR) is 69.5 cm³/mol. The van der Waals surface area contributed by atoms with Crippen molar-refractivity contribution in [2.45, 2.75) is 26.5 Å². The van der Waals surface area contributed by atoms with Crippen LogP contribution in [0.3, 0.4) is 0 Å². The lowest BCUT2D eigenvalue weighted by molar-refractivity contribution is 0.150. The fourth-order valence-electron chi connectivity index (χ4n) is 1.92. The van der Waals surface area contributed by atoms with Gasteiger partial charge in [-0.25, -0.2) is 4.98 Å². The van der Waals surface area contributed by atoms with Gasteiger partial charge in [-0.1, -0.05) is 18.2 Å². The van der Waals surface area contributed by atoms with Gasteiger partial charge in [0.2, 0.25) is 0 Å². The normalized spacial score (nSPS) is 12.4. The van der Waals surface area contributed by atoms with Crippen LogP contribution in [-0.4, -0.2) is 21.3 Å². The number of nitrogens with zero attached hydrogens (tertiary/aromatic N) is 2. The summed E-state index contributed by atoms with van der Waals surface area (Å²) in [5, 5.41) is 10.3. The number of aliphatic hydroxyl groups excluding tert-OH is 1. The molecule has 0 saturated heterocycles. The summed E-state index contributed by atoms with van der Waals surface area (Å²) in [7, 11) is 0. The minimum atomic E-state index is -0.597. The molecule has 1 heterocycles. The Morgan fingerprint density at radius 1 is 1.39 bits per heavy atom. The van der Waals surface area contributed by atoms with Crippen LogP contribution < -0.4 is 4.74 Å². The van der Waals surface area contributed by atoms with E-state index in [9.17, 15) is 5.11 Å². The van der Waals surface area contributed by atoms with Gasteiger partial charge < -0.3 is 14.4 Å². The smallest absolute Gasteiger partial charge is 0.125 e. The number of aliphatic hydroxyl groups is 1.